The van der Waals surface area contributed by atoms with Gasteiger partial charge >= 0.3 is 0 Å². The van der Waals surface area contributed by atoms with E-state index in [0.717, 1.165) is 25.0 Å². The lowest BCUT2D eigenvalue weighted by molar-refractivity contribution is 0.0362. The highest BCUT2D eigenvalue weighted by molar-refractivity contribution is 4.87. The molecule has 2 fully saturated rings. The van der Waals surface area contributed by atoms with E-state index in [1.165, 1.54) is 38.5 Å². The Morgan fingerprint density at radius 2 is 2.13 bits per heavy atom. The van der Waals surface area contributed by atoms with Gasteiger partial charge in [0.1, 0.15) is 0 Å². The van der Waals surface area contributed by atoms with Gasteiger partial charge in [-0.1, -0.05) is 19.8 Å². The lowest BCUT2D eigenvalue weighted by atomic mass is 9.84. The summed E-state index contributed by atoms with van der Waals surface area (Å²) in [4.78, 5) is 0. The third-order valence-corrected chi connectivity index (χ3v) is 4.44. The standard InChI is InChI=1S/C13H25NO/c1-2-10-5-6-11(8-10)13(14)12-4-3-7-15-9-12/h10-13H,2-9,14H2,1H3. The minimum Gasteiger partial charge on any atom is -0.381 e. The summed E-state index contributed by atoms with van der Waals surface area (Å²) in [6, 6.07) is 0.404. The highest BCUT2D eigenvalue weighted by atomic mass is 16.5. The molecule has 0 radical (unpaired) electrons. The highest BCUT2D eigenvalue weighted by Gasteiger charge is 2.33. The first-order chi connectivity index (χ1) is 7.31. The van der Waals surface area contributed by atoms with Gasteiger partial charge in [-0.2, -0.15) is 0 Å². The number of rotatable bonds is 3. The molecule has 1 heterocycles. The van der Waals surface area contributed by atoms with Gasteiger partial charge in [0.05, 0.1) is 6.61 Å². The summed E-state index contributed by atoms with van der Waals surface area (Å²) in [6.45, 7) is 4.17. The molecule has 0 bridgehead atoms. The van der Waals surface area contributed by atoms with Crippen LogP contribution in [-0.4, -0.2) is 19.3 Å². The second-order valence-corrected chi connectivity index (χ2v) is 5.40. The number of ether oxygens (including phenoxy) is 1. The summed E-state index contributed by atoms with van der Waals surface area (Å²) in [5.41, 5.74) is 6.39. The highest BCUT2D eigenvalue weighted by Crippen LogP contribution is 2.37. The van der Waals surface area contributed by atoms with Crippen molar-refractivity contribution < 1.29 is 4.74 Å². The summed E-state index contributed by atoms with van der Waals surface area (Å²) in [6.07, 6.45) is 7.97. The summed E-state index contributed by atoms with van der Waals surface area (Å²) >= 11 is 0. The van der Waals surface area contributed by atoms with E-state index in [-0.39, 0.29) is 0 Å². The van der Waals surface area contributed by atoms with Gasteiger partial charge in [0.15, 0.2) is 0 Å². The number of hydrogen-bond donors (Lipinski definition) is 1. The van der Waals surface area contributed by atoms with Crippen LogP contribution >= 0.6 is 0 Å². The fourth-order valence-corrected chi connectivity index (χ4v) is 3.29. The van der Waals surface area contributed by atoms with Crippen molar-refractivity contribution in [3.8, 4) is 0 Å². The van der Waals surface area contributed by atoms with Crippen LogP contribution in [0.4, 0.5) is 0 Å². The molecule has 2 heteroatoms. The average Bonchev–Trinajstić information content (AvgIpc) is 2.78. The molecule has 2 aliphatic rings. The Labute approximate surface area is 93.6 Å². The van der Waals surface area contributed by atoms with Crippen molar-refractivity contribution >= 4 is 0 Å². The number of nitrogens with two attached hydrogens (primary N) is 1. The molecular formula is C13H25NO. The molecule has 4 atom stereocenters. The van der Waals surface area contributed by atoms with Gasteiger partial charge in [-0.25, -0.2) is 0 Å². The zero-order valence-corrected chi connectivity index (χ0v) is 9.95. The third-order valence-electron chi connectivity index (χ3n) is 4.44. The van der Waals surface area contributed by atoms with E-state index >= 15 is 0 Å². The Morgan fingerprint density at radius 1 is 1.27 bits per heavy atom. The minimum absolute atomic E-state index is 0.404. The second-order valence-electron chi connectivity index (χ2n) is 5.40. The Balaban J connectivity index is 1.82. The Morgan fingerprint density at radius 3 is 2.73 bits per heavy atom. The van der Waals surface area contributed by atoms with Gasteiger partial charge in [0.25, 0.3) is 0 Å². The zero-order valence-electron chi connectivity index (χ0n) is 9.95. The summed E-state index contributed by atoms with van der Waals surface area (Å²) in [5.74, 6) is 2.37. The minimum atomic E-state index is 0.404. The van der Waals surface area contributed by atoms with Gasteiger partial charge < -0.3 is 10.5 Å². The maximum absolute atomic E-state index is 6.39. The molecule has 15 heavy (non-hydrogen) atoms. The quantitative estimate of drug-likeness (QED) is 0.778. The summed E-state index contributed by atoms with van der Waals surface area (Å²) in [7, 11) is 0. The van der Waals surface area contributed by atoms with E-state index in [4.69, 9.17) is 10.5 Å². The molecule has 0 aromatic heterocycles. The van der Waals surface area contributed by atoms with Crippen molar-refractivity contribution in [3.63, 3.8) is 0 Å². The van der Waals surface area contributed by atoms with Gasteiger partial charge in [-0.3, -0.25) is 0 Å². The molecule has 0 aromatic rings. The smallest absolute Gasteiger partial charge is 0.0509 e. The van der Waals surface area contributed by atoms with E-state index < -0.39 is 0 Å². The Bertz CT molecular complexity index is 189. The van der Waals surface area contributed by atoms with Crippen LogP contribution in [0.1, 0.15) is 45.4 Å². The fourth-order valence-electron chi connectivity index (χ4n) is 3.29. The Kier molecular flexibility index (Phi) is 4.04. The molecule has 1 aliphatic heterocycles. The summed E-state index contributed by atoms with van der Waals surface area (Å²) in [5, 5.41) is 0. The molecule has 0 amide bonds. The molecule has 2 rings (SSSR count). The SMILES string of the molecule is CCC1CCC(C(N)C2CCCOC2)C1. The van der Waals surface area contributed by atoms with Crippen LogP contribution in [0, 0.1) is 17.8 Å². The van der Waals surface area contributed by atoms with Crippen LogP contribution in [0.5, 0.6) is 0 Å². The average molecular weight is 211 g/mol. The second kappa shape index (κ2) is 5.31. The van der Waals surface area contributed by atoms with Crippen molar-refractivity contribution in [3.05, 3.63) is 0 Å². The van der Waals surface area contributed by atoms with Crippen molar-refractivity contribution in [2.24, 2.45) is 23.5 Å². The topological polar surface area (TPSA) is 35.2 Å². The normalized spacial score (nSPS) is 39.2. The maximum Gasteiger partial charge on any atom is 0.0509 e. The lowest BCUT2D eigenvalue weighted by Gasteiger charge is -2.31. The van der Waals surface area contributed by atoms with Crippen LogP contribution in [0.2, 0.25) is 0 Å². The molecule has 1 saturated carbocycles. The molecule has 2 N–H and O–H groups in total. The van der Waals surface area contributed by atoms with E-state index in [2.05, 4.69) is 6.92 Å². The third kappa shape index (κ3) is 2.73. The van der Waals surface area contributed by atoms with Crippen molar-refractivity contribution in [1.82, 2.24) is 0 Å². The lowest BCUT2D eigenvalue weighted by Crippen LogP contribution is -2.40. The van der Waals surface area contributed by atoms with Crippen molar-refractivity contribution in [1.29, 1.82) is 0 Å². The predicted molar refractivity (Wildman–Crippen MR) is 62.6 cm³/mol. The molecule has 1 aliphatic carbocycles. The van der Waals surface area contributed by atoms with E-state index in [1.807, 2.05) is 0 Å². The fraction of sp³-hybridized carbons (Fsp3) is 1.00. The van der Waals surface area contributed by atoms with Crippen LogP contribution in [0.15, 0.2) is 0 Å². The largest absolute Gasteiger partial charge is 0.381 e. The zero-order chi connectivity index (χ0) is 10.7. The predicted octanol–water partition coefficient (Wildman–Crippen LogP) is 2.57. The van der Waals surface area contributed by atoms with Crippen LogP contribution in [0.25, 0.3) is 0 Å². The molecule has 4 unspecified atom stereocenters. The van der Waals surface area contributed by atoms with Crippen LogP contribution in [-0.2, 0) is 4.74 Å². The van der Waals surface area contributed by atoms with E-state index in [1.54, 1.807) is 0 Å². The summed E-state index contributed by atoms with van der Waals surface area (Å²) < 4.78 is 5.54. The van der Waals surface area contributed by atoms with E-state index in [9.17, 15) is 0 Å². The van der Waals surface area contributed by atoms with Gasteiger partial charge in [-0.05, 0) is 43.4 Å². The molecule has 2 nitrogen and oxygen atoms in total. The number of hydrogen-bond acceptors (Lipinski definition) is 2. The molecule has 88 valence electrons. The monoisotopic (exact) mass is 211 g/mol. The molecular weight excluding hydrogens is 186 g/mol. The van der Waals surface area contributed by atoms with Gasteiger partial charge in [-0.15, -0.1) is 0 Å². The molecule has 0 aromatic carbocycles. The van der Waals surface area contributed by atoms with E-state index in [0.29, 0.717) is 12.0 Å². The molecule has 0 spiro atoms. The van der Waals surface area contributed by atoms with Crippen LogP contribution < -0.4 is 5.73 Å². The van der Waals surface area contributed by atoms with Crippen molar-refractivity contribution in [2.45, 2.75) is 51.5 Å². The maximum atomic E-state index is 6.39. The first-order valence-electron chi connectivity index (χ1n) is 6.64. The van der Waals surface area contributed by atoms with Gasteiger partial charge in [0, 0.05) is 12.6 Å². The van der Waals surface area contributed by atoms with Crippen molar-refractivity contribution in [2.75, 3.05) is 13.2 Å². The van der Waals surface area contributed by atoms with Gasteiger partial charge in [0.2, 0.25) is 0 Å². The molecule has 1 saturated heterocycles. The first kappa shape index (κ1) is 11.4. The first-order valence-corrected chi connectivity index (χ1v) is 6.64. The van der Waals surface area contributed by atoms with Crippen LogP contribution in [0.3, 0.4) is 0 Å². The Hall–Kier alpha value is -0.0800.